The Morgan fingerprint density at radius 2 is 2.10 bits per heavy atom. The molecule has 0 aliphatic heterocycles. The van der Waals surface area contributed by atoms with Crippen molar-refractivity contribution in [3.05, 3.63) is 29.8 Å². The number of carbonyl (C=O) groups is 1. The second-order valence-electron chi connectivity index (χ2n) is 5.98. The average molecular weight is 290 g/mol. The molecule has 116 valence electrons. The molecule has 0 saturated heterocycles. The summed E-state index contributed by atoms with van der Waals surface area (Å²) in [5.74, 6) is 1.62. The smallest absolute Gasteiger partial charge is 0.220 e. The highest BCUT2D eigenvalue weighted by atomic mass is 16.5. The van der Waals surface area contributed by atoms with Gasteiger partial charge >= 0.3 is 0 Å². The number of nitrogens with two attached hydrogens (primary N) is 1. The Balaban J connectivity index is 1.86. The van der Waals surface area contributed by atoms with Gasteiger partial charge in [-0.25, -0.2) is 0 Å². The lowest BCUT2D eigenvalue weighted by Gasteiger charge is -2.21. The van der Waals surface area contributed by atoms with Gasteiger partial charge in [-0.1, -0.05) is 25.5 Å². The minimum Gasteiger partial charge on any atom is -0.497 e. The van der Waals surface area contributed by atoms with Gasteiger partial charge in [0.05, 0.1) is 7.11 Å². The van der Waals surface area contributed by atoms with E-state index in [1.54, 1.807) is 7.11 Å². The van der Waals surface area contributed by atoms with Crippen LogP contribution in [0.2, 0.25) is 0 Å². The number of hydrogen-bond donors (Lipinski definition) is 2. The lowest BCUT2D eigenvalue weighted by molar-refractivity contribution is -0.122. The second-order valence-corrected chi connectivity index (χ2v) is 5.98. The molecule has 3 unspecified atom stereocenters. The van der Waals surface area contributed by atoms with Crippen molar-refractivity contribution in [2.24, 2.45) is 11.7 Å². The van der Waals surface area contributed by atoms with Crippen LogP contribution < -0.4 is 15.8 Å². The summed E-state index contributed by atoms with van der Waals surface area (Å²) in [5.41, 5.74) is 6.92. The predicted molar refractivity (Wildman–Crippen MR) is 84.4 cm³/mol. The number of rotatable bonds is 6. The molecule has 4 nitrogen and oxygen atoms in total. The molecule has 4 heteroatoms. The summed E-state index contributed by atoms with van der Waals surface area (Å²) < 4.78 is 5.15. The molecule has 1 aromatic rings. The summed E-state index contributed by atoms with van der Waals surface area (Å²) in [7, 11) is 1.65. The largest absolute Gasteiger partial charge is 0.497 e. The topological polar surface area (TPSA) is 64.3 Å². The normalized spacial score (nSPS) is 22.8. The van der Waals surface area contributed by atoms with E-state index in [0.717, 1.165) is 24.2 Å². The molecule has 1 aliphatic rings. The standard InChI is InChI=1S/C17H26N2O2/c1-12(13-6-8-15(21-2)9-7-13)10-17(20)19-16-5-3-4-14(16)11-18/h6-9,12,14,16H,3-5,10-11,18H2,1-2H3,(H,19,20). The molecule has 1 saturated carbocycles. The molecular weight excluding hydrogens is 264 g/mol. The summed E-state index contributed by atoms with van der Waals surface area (Å²) in [4.78, 5) is 12.2. The zero-order valence-corrected chi connectivity index (χ0v) is 13.0. The number of nitrogens with one attached hydrogen (secondary N) is 1. The van der Waals surface area contributed by atoms with Crippen molar-refractivity contribution in [2.45, 2.75) is 44.6 Å². The Labute approximate surface area is 127 Å². The number of methoxy groups -OCH3 is 1. The molecule has 0 aromatic heterocycles. The van der Waals surface area contributed by atoms with Gasteiger partial charge in [0.1, 0.15) is 5.75 Å². The molecule has 1 fully saturated rings. The van der Waals surface area contributed by atoms with E-state index in [4.69, 9.17) is 10.5 Å². The molecule has 1 aromatic carbocycles. The molecule has 3 atom stereocenters. The third-order valence-electron chi connectivity index (χ3n) is 4.48. The van der Waals surface area contributed by atoms with Crippen LogP contribution in [0.25, 0.3) is 0 Å². The number of benzene rings is 1. The van der Waals surface area contributed by atoms with Gasteiger partial charge < -0.3 is 15.8 Å². The van der Waals surface area contributed by atoms with E-state index in [9.17, 15) is 4.79 Å². The van der Waals surface area contributed by atoms with E-state index in [1.807, 2.05) is 24.3 Å². The monoisotopic (exact) mass is 290 g/mol. The van der Waals surface area contributed by atoms with Crippen LogP contribution in [0, 0.1) is 5.92 Å². The van der Waals surface area contributed by atoms with Crippen LogP contribution in [-0.4, -0.2) is 25.6 Å². The average Bonchev–Trinajstić information content (AvgIpc) is 2.94. The second kappa shape index (κ2) is 7.46. The maximum absolute atomic E-state index is 12.2. The van der Waals surface area contributed by atoms with E-state index in [1.165, 1.54) is 6.42 Å². The van der Waals surface area contributed by atoms with Crippen LogP contribution in [0.15, 0.2) is 24.3 Å². The fourth-order valence-corrected chi connectivity index (χ4v) is 3.10. The van der Waals surface area contributed by atoms with E-state index in [2.05, 4.69) is 12.2 Å². The summed E-state index contributed by atoms with van der Waals surface area (Å²) in [6, 6.07) is 8.19. The molecule has 1 aliphatic carbocycles. The lowest BCUT2D eigenvalue weighted by atomic mass is 9.96. The molecule has 0 radical (unpaired) electrons. The first-order valence-electron chi connectivity index (χ1n) is 7.77. The first-order chi connectivity index (χ1) is 10.1. The summed E-state index contributed by atoms with van der Waals surface area (Å²) >= 11 is 0. The Morgan fingerprint density at radius 1 is 1.38 bits per heavy atom. The quantitative estimate of drug-likeness (QED) is 0.845. The van der Waals surface area contributed by atoms with E-state index < -0.39 is 0 Å². The van der Waals surface area contributed by atoms with Gasteiger partial charge in [0.25, 0.3) is 0 Å². The first kappa shape index (κ1) is 15.8. The highest BCUT2D eigenvalue weighted by Gasteiger charge is 2.27. The molecule has 0 heterocycles. The Hall–Kier alpha value is -1.55. The SMILES string of the molecule is COc1ccc(C(C)CC(=O)NC2CCCC2CN)cc1. The number of amides is 1. The molecule has 2 rings (SSSR count). The molecule has 0 spiro atoms. The minimum atomic E-state index is 0.128. The van der Waals surface area contributed by atoms with Gasteiger partial charge in [-0.15, -0.1) is 0 Å². The van der Waals surface area contributed by atoms with Gasteiger partial charge in [0.15, 0.2) is 0 Å². The molecule has 3 N–H and O–H groups in total. The van der Waals surface area contributed by atoms with Crippen LogP contribution >= 0.6 is 0 Å². The molecular formula is C17H26N2O2. The van der Waals surface area contributed by atoms with Gasteiger partial charge in [0.2, 0.25) is 5.91 Å². The van der Waals surface area contributed by atoms with Crippen molar-refractivity contribution < 1.29 is 9.53 Å². The number of carbonyl (C=O) groups excluding carboxylic acids is 1. The molecule has 21 heavy (non-hydrogen) atoms. The fourth-order valence-electron chi connectivity index (χ4n) is 3.10. The van der Waals surface area contributed by atoms with Crippen molar-refractivity contribution in [3.8, 4) is 5.75 Å². The van der Waals surface area contributed by atoms with Gasteiger partial charge in [0, 0.05) is 12.5 Å². The number of ether oxygens (including phenoxy) is 1. The van der Waals surface area contributed by atoms with Crippen LogP contribution in [0.4, 0.5) is 0 Å². The van der Waals surface area contributed by atoms with E-state index in [-0.39, 0.29) is 17.9 Å². The maximum atomic E-state index is 12.2. The van der Waals surface area contributed by atoms with Crippen molar-refractivity contribution in [1.29, 1.82) is 0 Å². The predicted octanol–water partition coefficient (Wildman–Crippen LogP) is 2.43. The highest BCUT2D eigenvalue weighted by molar-refractivity contribution is 5.77. The van der Waals surface area contributed by atoms with Crippen molar-refractivity contribution in [2.75, 3.05) is 13.7 Å². The summed E-state index contributed by atoms with van der Waals surface area (Å²) in [5, 5.41) is 3.16. The highest BCUT2D eigenvalue weighted by Crippen LogP contribution is 2.26. The minimum absolute atomic E-state index is 0.128. The third kappa shape index (κ3) is 4.21. The number of hydrogen-bond acceptors (Lipinski definition) is 3. The van der Waals surface area contributed by atoms with Crippen LogP contribution in [0.3, 0.4) is 0 Å². The van der Waals surface area contributed by atoms with E-state index >= 15 is 0 Å². The van der Waals surface area contributed by atoms with Crippen LogP contribution in [-0.2, 0) is 4.79 Å². The van der Waals surface area contributed by atoms with Crippen molar-refractivity contribution >= 4 is 5.91 Å². The van der Waals surface area contributed by atoms with Crippen molar-refractivity contribution in [3.63, 3.8) is 0 Å². The first-order valence-corrected chi connectivity index (χ1v) is 7.77. The molecule has 1 amide bonds. The van der Waals surface area contributed by atoms with Gasteiger partial charge in [-0.2, -0.15) is 0 Å². The summed E-state index contributed by atoms with van der Waals surface area (Å²) in [6.07, 6.45) is 3.88. The van der Waals surface area contributed by atoms with Crippen molar-refractivity contribution in [1.82, 2.24) is 5.32 Å². The Kier molecular flexibility index (Phi) is 5.62. The fraction of sp³-hybridized carbons (Fsp3) is 0.588. The van der Waals surface area contributed by atoms with Gasteiger partial charge in [-0.05, 0) is 48.9 Å². The lowest BCUT2D eigenvalue weighted by Crippen LogP contribution is -2.40. The third-order valence-corrected chi connectivity index (χ3v) is 4.48. The maximum Gasteiger partial charge on any atom is 0.220 e. The summed E-state index contributed by atoms with van der Waals surface area (Å²) in [6.45, 7) is 2.75. The Morgan fingerprint density at radius 3 is 2.71 bits per heavy atom. The molecule has 0 bridgehead atoms. The zero-order chi connectivity index (χ0) is 15.2. The van der Waals surface area contributed by atoms with Crippen LogP contribution in [0.5, 0.6) is 5.75 Å². The zero-order valence-electron chi connectivity index (χ0n) is 13.0. The Bertz CT molecular complexity index is 458. The van der Waals surface area contributed by atoms with Gasteiger partial charge in [-0.3, -0.25) is 4.79 Å². The van der Waals surface area contributed by atoms with E-state index in [0.29, 0.717) is 18.9 Å². The van der Waals surface area contributed by atoms with Crippen LogP contribution in [0.1, 0.15) is 44.1 Å².